The lowest BCUT2D eigenvalue weighted by atomic mass is 10.2. The first-order chi connectivity index (χ1) is 12.6. The SMILES string of the molecule is O=C1NCCCn2cc(S(=O)(=O)N3CCN(c4ccccc4)CC3)cc21. The maximum atomic E-state index is 13.0. The number of aromatic nitrogens is 1. The van der Waals surface area contributed by atoms with E-state index in [4.69, 9.17) is 0 Å². The van der Waals surface area contributed by atoms with Crippen molar-refractivity contribution >= 4 is 21.6 Å². The maximum Gasteiger partial charge on any atom is 0.267 e. The number of anilines is 1. The molecule has 0 unspecified atom stereocenters. The van der Waals surface area contributed by atoms with Crippen LogP contribution >= 0.6 is 0 Å². The number of carbonyl (C=O) groups excluding carboxylic acids is 1. The van der Waals surface area contributed by atoms with Crippen LogP contribution in [0.25, 0.3) is 0 Å². The van der Waals surface area contributed by atoms with Crippen LogP contribution in [0.1, 0.15) is 16.9 Å². The summed E-state index contributed by atoms with van der Waals surface area (Å²) >= 11 is 0. The summed E-state index contributed by atoms with van der Waals surface area (Å²) < 4.78 is 29.3. The number of fused-ring (bicyclic) bond motifs is 1. The van der Waals surface area contributed by atoms with Crippen LogP contribution in [0.5, 0.6) is 0 Å². The summed E-state index contributed by atoms with van der Waals surface area (Å²) in [5, 5.41) is 2.79. The van der Waals surface area contributed by atoms with Gasteiger partial charge in [0.05, 0.1) is 0 Å². The van der Waals surface area contributed by atoms with Crippen molar-refractivity contribution in [1.29, 1.82) is 0 Å². The minimum atomic E-state index is -3.59. The third-order valence-electron chi connectivity index (χ3n) is 4.96. The van der Waals surface area contributed by atoms with Gasteiger partial charge in [-0.3, -0.25) is 4.79 Å². The monoisotopic (exact) mass is 374 g/mol. The number of sulfonamides is 1. The van der Waals surface area contributed by atoms with E-state index in [1.165, 1.54) is 10.4 Å². The number of hydrogen-bond donors (Lipinski definition) is 1. The van der Waals surface area contributed by atoms with Crippen LogP contribution in [0.2, 0.25) is 0 Å². The van der Waals surface area contributed by atoms with E-state index in [-0.39, 0.29) is 10.8 Å². The fourth-order valence-corrected chi connectivity index (χ4v) is 4.98. The minimum Gasteiger partial charge on any atom is -0.369 e. The molecule has 1 N–H and O–H groups in total. The molecule has 8 heteroatoms. The number of nitrogens with zero attached hydrogens (tertiary/aromatic N) is 3. The molecule has 0 bridgehead atoms. The molecule has 2 aliphatic rings. The Morgan fingerprint density at radius 2 is 1.69 bits per heavy atom. The van der Waals surface area contributed by atoms with E-state index in [2.05, 4.69) is 10.2 Å². The first-order valence-electron chi connectivity index (χ1n) is 8.84. The van der Waals surface area contributed by atoms with Gasteiger partial charge in [0, 0.05) is 51.2 Å². The van der Waals surface area contributed by atoms with Gasteiger partial charge in [-0.05, 0) is 24.6 Å². The van der Waals surface area contributed by atoms with Crippen molar-refractivity contribution in [3.05, 3.63) is 48.3 Å². The van der Waals surface area contributed by atoms with Crippen molar-refractivity contribution in [2.45, 2.75) is 17.9 Å². The molecular formula is C18H22N4O3S. The highest BCUT2D eigenvalue weighted by atomic mass is 32.2. The van der Waals surface area contributed by atoms with E-state index >= 15 is 0 Å². The number of rotatable bonds is 3. The molecule has 1 aromatic carbocycles. The van der Waals surface area contributed by atoms with E-state index in [1.54, 1.807) is 10.8 Å². The summed E-state index contributed by atoms with van der Waals surface area (Å²) in [7, 11) is -3.59. The predicted molar refractivity (Wildman–Crippen MR) is 98.8 cm³/mol. The molecule has 26 heavy (non-hydrogen) atoms. The van der Waals surface area contributed by atoms with Gasteiger partial charge < -0.3 is 14.8 Å². The first-order valence-corrected chi connectivity index (χ1v) is 10.3. The van der Waals surface area contributed by atoms with E-state index in [0.29, 0.717) is 45.0 Å². The van der Waals surface area contributed by atoms with Crippen LogP contribution < -0.4 is 10.2 Å². The predicted octanol–water partition coefficient (Wildman–Crippen LogP) is 1.13. The highest BCUT2D eigenvalue weighted by Gasteiger charge is 2.31. The van der Waals surface area contributed by atoms with Gasteiger partial charge in [0.2, 0.25) is 10.0 Å². The highest BCUT2D eigenvalue weighted by molar-refractivity contribution is 7.89. The zero-order valence-corrected chi connectivity index (χ0v) is 15.3. The Morgan fingerprint density at radius 3 is 2.42 bits per heavy atom. The lowest BCUT2D eigenvalue weighted by Crippen LogP contribution is -2.48. The molecule has 1 aromatic heterocycles. The number of piperazine rings is 1. The second-order valence-corrected chi connectivity index (χ2v) is 8.53. The smallest absolute Gasteiger partial charge is 0.267 e. The summed E-state index contributed by atoms with van der Waals surface area (Å²) in [5.41, 5.74) is 1.53. The molecule has 4 rings (SSSR count). The minimum absolute atomic E-state index is 0.206. The molecule has 3 heterocycles. The Balaban J connectivity index is 1.51. The van der Waals surface area contributed by atoms with E-state index in [9.17, 15) is 13.2 Å². The number of benzene rings is 1. The summed E-state index contributed by atoms with van der Waals surface area (Å²) in [6, 6.07) is 11.5. The van der Waals surface area contributed by atoms with Crippen LogP contribution in [-0.2, 0) is 16.6 Å². The Morgan fingerprint density at radius 1 is 0.962 bits per heavy atom. The summed E-state index contributed by atoms with van der Waals surface area (Å²) in [6.07, 6.45) is 2.39. The fourth-order valence-electron chi connectivity index (χ4n) is 3.52. The van der Waals surface area contributed by atoms with Crippen LogP contribution in [0.15, 0.2) is 47.5 Å². The van der Waals surface area contributed by atoms with Crippen LogP contribution in [0, 0.1) is 0 Å². The van der Waals surface area contributed by atoms with E-state index in [1.807, 2.05) is 30.3 Å². The second kappa shape index (κ2) is 6.77. The van der Waals surface area contributed by atoms with Crippen molar-refractivity contribution in [3.63, 3.8) is 0 Å². The van der Waals surface area contributed by atoms with Gasteiger partial charge >= 0.3 is 0 Å². The molecule has 7 nitrogen and oxygen atoms in total. The van der Waals surface area contributed by atoms with Gasteiger partial charge in [-0.2, -0.15) is 4.31 Å². The maximum absolute atomic E-state index is 13.0. The Kier molecular flexibility index (Phi) is 4.46. The third kappa shape index (κ3) is 3.10. The first kappa shape index (κ1) is 17.1. The zero-order chi connectivity index (χ0) is 18.1. The molecule has 2 aliphatic heterocycles. The number of para-hydroxylation sites is 1. The largest absolute Gasteiger partial charge is 0.369 e. The topological polar surface area (TPSA) is 74.6 Å². The van der Waals surface area contributed by atoms with Gasteiger partial charge in [0.25, 0.3) is 5.91 Å². The molecule has 1 fully saturated rings. The fraction of sp³-hybridized carbons (Fsp3) is 0.389. The number of amides is 1. The average Bonchev–Trinajstić information content (AvgIpc) is 3.04. The summed E-state index contributed by atoms with van der Waals surface area (Å²) in [4.78, 5) is 14.5. The molecule has 2 aromatic rings. The molecule has 138 valence electrons. The molecule has 1 saturated heterocycles. The second-order valence-electron chi connectivity index (χ2n) is 6.59. The molecule has 0 saturated carbocycles. The average molecular weight is 374 g/mol. The number of aryl methyl sites for hydroxylation is 1. The Hall–Kier alpha value is -2.32. The van der Waals surface area contributed by atoms with E-state index < -0.39 is 10.0 Å². The van der Waals surface area contributed by atoms with Crippen LogP contribution in [0.4, 0.5) is 5.69 Å². The highest BCUT2D eigenvalue weighted by Crippen LogP contribution is 2.23. The standard InChI is InChI=1S/C18H22N4O3S/c23-18-17-13-16(14-21(17)8-4-7-19-18)26(24,25)22-11-9-20(10-12-22)15-5-2-1-3-6-15/h1-3,5-6,13-14H,4,7-12H2,(H,19,23). The Bertz CT molecular complexity index is 900. The van der Waals surface area contributed by atoms with Crippen molar-refractivity contribution in [3.8, 4) is 0 Å². The van der Waals surface area contributed by atoms with Crippen molar-refractivity contribution in [2.24, 2.45) is 0 Å². The molecule has 1 amide bonds. The molecule has 0 aliphatic carbocycles. The molecule has 0 atom stereocenters. The van der Waals surface area contributed by atoms with Crippen LogP contribution in [0.3, 0.4) is 0 Å². The van der Waals surface area contributed by atoms with Crippen molar-refractivity contribution in [1.82, 2.24) is 14.2 Å². The lowest BCUT2D eigenvalue weighted by molar-refractivity contribution is 0.0951. The van der Waals surface area contributed by atoms with Crippen LogP contribution in [-0.4, -0.2) is 55.9 Å². The van der Waals surface area contributed by atoms with Gasteiger partial charge in [0.15, 0.2) is 0 Å². The van der Waals surface area contributed by atoms with Crippen molar-refractivity contribution < 1.29 is 13.2 Å². The lowest BCUT2D eigenvalue weighted by Gasteiger charge is -2.35. The molecular weight excluding hydrogens is 352 g/mol. The van der Waals surface area contributed by atoms with Gasteiger partial charge in [-0.15, -0.1) is 0 Å². The van der Waals surface area contributed by atoms with Gasteiger partial charge in [-0.25, -0.2) is 8.42 Å². The third-order valence-corrected chi connectivity index (χ3v) is 6.83. The molecule has 0 spiro atoms. The van der Waals surface area contributed by atoms with E-state index in [0.717, 1.165) is 12.1 Å². The summed E-state index contributed by atoms with van der Waals surface area (Å²) in [5.74, 6) is -0.210. The number of carbonyl (C=O) groups is 1. The zero-order valence-electron chi connectivity index (χ0n) is 14.5. The van der Waals surface area contributed by atoms with Crippen molar-refractivity contribution in [2.75, 3.05) is 37.6 Å². The normalized spacial score (nSPS) is 18.9. The van der Waals surface area contributed by atoms with Gasteiger partial charge in [0.1, 0.15) is 10.6 Å². The number of hydrogen-bond acceptors (Lipinski definition) is 4. The quantitative estimate of drug-likeness (QED) is 0.874. The Labute approximate surface area is 153 Å². The van der Waals surface area contributed by atoms with Gasteiger partial charge in [-0.1, -0.05) is 18.2 Å². The summed E-state index contributed by atoms with van der Waals surface area (Å²) in [6.45, 7) is 3.43. The number of nitrogens with one attached hydrogen (secondary N) is 1. The molecule has 0 radical (unpaired) electrons.